The maximum Gasteiger partial charge on any atom is 0.236 e. The van der Waals surface area contributed by atoms with E-state index in [4.69, 9.17) is 4.52 Å². The number of aromatic nitrogens is 1. The zero-order valence-electron chi connectivity index (χ0n) is 16.0. The van der Waals surface area contributed by atoms with Gasteiger partial charge >= 0.3 is 0 Å². The molecule has 0 saturated carbocycles. The molecule has 2 aromatic carbocycles. The van der Waals surface area contributed by atoms with Crippen LogP contribution in [0.25, 0.3) is 17.4 Å². The van der Waals surface area contributed by atoms with E-state index in [0.29, 0.717) is 32.7 Å². The predicted octanol–water partition coefficient (Wildman–Crippen LogP) is 3.46. The Labute approximate surface area is 171 Å². The van der Waals surface area contributed by atoms with Gasteiger partial charge in [-0.25, -0.2) is 8.42 Å². The highest BCUT2D eigenvalue weighted by Crippen LogP contribution is 2.21. The number of nitrogens with zero attached hydrogens (tertiary/aromatic N) is 3. The van der Waals surface area contributed by atoms with Crippen molar-refractivity contribution in [2.75, 3.05) is 26.2 Å². The van der Waals surface area contributed by atoms with Gasteiger partial charge in [-0.2, -0.15) is 4.31 Å². The van der Waals surface area contributed by atoms with Crippen molar-refractivity contribution in [1.29, 1.82) is 0 Å². The Bertz CT molecular complexity index is 1050. The van der Waals surface area contributed by atoms with Gasteiger partial charge in [0.05, 0.1) is 5.69 Å². The summed E-state index contributed by atoms with van der Waals surface area (Å²) in [6, 6.07) is 21.2. The van der Waals surface area contributed by atoms with E-state index in [0.717, 1.165) is 22.6 Å². The fourth-order valence-corrected chi connectivity index (χ4v) is 4.48. The summed E-state index contributed by atoms with van der Waals surface area (Å²) < 4.78 is 32.1. The number of hydrogen-bond acceptors (Lipinski definition) is 5. The SMILES string of the molecule is O=S(=O)(/C=C/c1ccccc1)N1CCN(Cc2cc(-c3ccccc3)on2)CC1. The van der Waals surface area contributed by atoms with Crippen LogP contribution in [0, 0.1) is 0 Å². The van der Waals surface area contributed by atoms with Gasteiger partial charge in [-0.3, -0.25) is 4.90 Å². The summed E-state index contributed by atoms with van der Waals surface area (Å²) in [5.41, 5.74) is 2.71. The highest BCUT2D eigenvalue weighted by atomic mass is 32.2. The Balaban J connectivity index is 1.33. The molecule has 0 aliphatic carbocycles. The molecule has 2 heterocycles. The summed E-state index contributed by atoms with van der Waals surface area (Å²) in [4.78, 5) is 2.19. The molecule has 6 nitrogen and oxygen atoms in total. The second-order valence-electron chi connectivity index (χ2n) is 6.98. The number of sulfonamides is 1. The van der Waals surface area contributed by atoms with Gasteiger partial charge in [0, 0.05) is 49.8 Å². The first-order valence-electron chi connectivity index (χ1n) is 9.57. The molecule has 1 saturated heterocycles. The third kappa shape index (κ3) is 5.00. The first kappa shape index (κ1) is 19.6. The molecule has 1 aromatic heterocycles. The van der Waals surface area contributed by atoms with Gasteiger partial charge in [-0.05, 0) is 11.6 Å². The van der Waals surface area contributed by atoms with Crippen LogP contribution >= 0.6 is 0 Å². The Kier molecular flexibility index (Phi) is 5.89. The topological polar surface area (TPSA) is 66.7 Å². The lowest BCUT2D eigenvalue weighted by Gasteiger charge is -2.32. The van der Waals surface area contributed by atoms with Gasteiger partial charge in [0.25, 0.3) is 0 Å². The zero-order chi connectivity index (χ0) is 20.1. The highest BCUT2D eigenvalue weighted by Gasteiger charge is 2.25. The van der Waals surface area contributed by atoms with Gasteiger partial charge in [-0.1, -0.05) is 65.8 Å². The predicted molar refractivity (Wildman–Crippen MR) is 113 cm³/mol. The third-order valence-electron chi connectivity index (χ3n) is 4.93. The summed E-state index contributed by atoms with van der Waals surface area (Å²) in [5, 5.41) is 5.45. The van der Waals surface area contributed by atoms with Crippen molar-refractivity contribution in [3.8, 4) is 11.3 Å². The second-order valence-corrected chi connectivity index (χ2v) is 8.80. The largest absolute Gasteiger partial charge is 0.356 e. The fraction of sp³-hybridized carbons (Fsp3) is 0.227. The fourth-order valence-electron chi connectivity index (χ4n) is 3.31. The van der Waals surface area contributed by atoms with E-state index in [2.05, 4.69) is 10.1 Å². The Hall–Kier alpha value is -2.74. The molecule has 29 heavy (non-hydrogen) atoms. The molecule has 0 N–H and O–H groups in total. The summed E-state index contributed by atoms with van der Waals surface area (Å²) in [6.07, 6.45) is 1.64. The van der Waals surface area contributed by atoms with Gasteiger partial charge in [0.1, 0.15) is 0 Å². The third-order valence-corrected chi connectivity index (χ3v) is 6.49. The van der Waals surface area contributed by atoms with Crippen LogP contribution in [0.2, 0.25) is 0 Å². The van der Waals surface area contributed by atoms with Crippen LogP contribution in [0.3, 0.4) is 0 Å². The molecule has 0 bridgehead atoms. The monoisotopic (exact) mass is 409 g/mol. The Morgan fingerprint density at radius 1 is 0.931 bits per heavy atom. The van der Waals surface area contributed by atoms with Crippen molar-refractivity contribution in [3.05, 3.63) is 83.4 Å². The van der Waals surface area contributed by atoms with Crippen molar-refractivity contribution >= 4 is 16.1 Å². The zero-order valence-corrected chi connectivity index (χ0v) is 16.8. The van der Waals surface area contributed by atoms with Crippen LogP contribution in [-0.4, -0.2) is 49.0 Å². The average molecular weight is 410 g/mol. The normalized spacial score (nSPS) is 16.4. The molecule has 7 heteroatoms. The second kappa shape index (κ2) is 8.73. The van der Waals surface area contributed by atoms with Gasteiger partial charge < -0.3 is 4.52 Å². The number of piperazine rings is 1. The van der Waals surface area contributed by atoms with E-state index in [9.17, 15) is 8.42 Å². The van der Waals surface area contributed by atoms with Crippen LogP contribution in [0.15, 0.2) is 76.7 Å². The van der Waals surface area contributed by atoms with Crippen LogP contribution < -0.4 is 0 Å². The smallest absolute Gasteiger partial charge is 0.236 e. The molecule has 1 aliphatic rings. The Morgan fingerprint density at radius 2 is 1.59 bits per heavy atom. The Morgan fingerprint density at radius 3 is 2.28 bits per heavy atom. The lowest BCUT2D eigenvalue weighted by atomic mass is 10.1. The molecule has 150 valence electrons. The summed E-state index contributed by atoms with van der Waals surface area (Å²) in [7, 11) is -3.42. The maximum atomic E-state index is 12.6. The summed E-state index contributed by atoms with van der Waals surface area (Å²) in [6.45, 7) is 2.89. The van der Waals surface area contributed by atoms with Crippen molar-refractivity contribution < 1.29 is 12.9 Å². The molecule has 1 fully saturated rings. The molecule has 0 spiro atoms. The lowest BCUT2D eigenvalue weighted by Crippen LogP contribution is -2.47. The van der Waals surface area contributed by atoms with Crippen LogP contribution in [-0.2, 0) is 16.6 Å². The minimum absolute atomic E-state index is 0.463. The first-order valence-corrected chi connectivity index (χ1v) is 11.1. The van der Waals surface area contributed by atoms with Crippen LogP contribution in [0.4, 0.5) is 0 Å². The summed E-state index contributed by atoms with van der Waals surface area (Å²) >= 11 is 0. The maximum absolute atomic E-state index is 12.6. The molecule has 0 radical (unpaired) electrons. The van der Waals surface area contributed by atoms with E-state index in [1.807, 2.05) is 66.7 Å². The van der Waals surface area contributed by atoms with Crippen molar-refractivity contribution in [3.63, 3.8) is 0 Å². The molecule has 0 unspecified atom stereocenters. The summed E-state index contributed by atoms with van der Waals surface area (Å²) in [5.74, 6) is 0.743. The average Bonchev–Trinajstić information content (AvgIpc) is 3.23. The van der Waals surface area contributed by atoms with Crippen molar-refractivity contribution in [2.24, 2.45) is 0 Å². The van der Waals surface area contributed by atoms with Crippen LogP contribution in [0.5, 0.6) is 0 Å². The lowest BCUT2D eigenvalue weighted by molar-refractivity contribution is 0.179. The van der Waals surface area contributed by atoms with Gasteiger partial charge in [-0.15, -0.1) is 0 Å². The van der Waals surface area contributed by atoms with E-state index in [1.165, 1.54) is 9.71 Å². The van der Waals surface area contributed by atoms with Gasteiger partial charge in [0.2, 0.25) is 10.0 Å². The molecule has 0 atom stereocenters. The molecule has 4 rings (SSSR count). The molecular formula is C22H23N3O3S. The standard InChI is InChI=1S/C22H23N3O3S/c26-29(27,16-11-19-7-3-1-4-8-19)25-14-12-24(13-15-25)18-21-17-22(28-23-21)20-9-5-2-6-10-20/h1-11,16-17H,12-15,18H2/b16-11+. The molecule has 3 aromatic rings. The molecule has 0 amide bonds. The minimum Gasteiger partial charge on any atom is -0.356 e. The number of rotatable bonds is 6. The van der Waals surface area contributed by atoms with Gasteiger partial charge in [0.15, 0.2) is 5.76 Å². The quantitative estimate of drug-likeness (QED) is 0.624. The number of benzene rings is 2. The van der Waals surface area contributed by atoms with E-state index >= 15 is 0 Å². The van der Waals surface area contributed by atoms with E-state index < -0.39 is 10.0 Å². The molecular weight excluding hydrogens is 386 g/mol. The van der Waals surface area contributed by atoms with Crippen LogP contribution in [0.1, 0.15) is 11.3 Å². The number of hydrogen-bond donors (Lipinski definition) is 0. The molecule has 1 aliphatic heterocycles. The van der Waals surface area contributed by atoms with E-state index in [-0.39, 0.29) is 0 Å². The van der Waals surface area contributed by atoms with E-state index in [1.54, 1.807) is 6.08 Å². The minimum atomic E-state index is -3.42. The first-order chi connectivity index (χ1) is 14.1. The highest BCUT2D eigenvalue weighted by molar-refractivity contribution is 7.92. The van der Waals surface area contributed by atoms with Crippen molar-refractivity contribution in [2.45, 2.75) is 6.54 Å². The van der Waals surface area contributed by atoms with Crippen molar-refractivity contribution in [1.82, 2.24) is 14.4 Å².